The predicted octanol–water partition coefficient (Wildman–Crippen LogP) is 2.98. The van der Waals surface area contributed by atoms with Crippen LogP contribution >= 0.6 is 0 Å². The quantitative estimate of drug-likeness (QED) is 0.464. The van der Waals surface area contributed by atoms with E-state index in [2.05, 4.69) is 15.0 Å². The van der Waals surface area contributed by atoms with E-state index in [9.17, 15) is 10.1 Å². The second kappa shape index (κ2) is 8.27. The summed E-state index contributed by atoms with van der Waals surface area (Å²) in [7, 11) is 1.62. The molecule has 0 bridgehead atoms. The van der Waals surface area contributed by atoms with Crippen LogP contribution in [0.25, 0.3) is 11.4 Å². The normalized spacial score (nSPS) is 14.7. The number of nitro benzene ring substituents is 1. The Balaban J connectivity index is 1.37. The van der Waals surface area contributed by atoms with Crippen LogP contribution in [0, 0.1) is 10.1 Å². The van der Waals surface area contributed by atoms with Crippen molar-refractivity contribution in [2.75, 3.05) is 38.2 Å². The Hall–Kier alpha value is -3.46. The Kier molecular flexibility index (Phi) is 5.39. The summed E-state index contributed by atoms with van der Waals surface area (Å²) < 4.78 is 10.6. The van der Waals surface area contributed by atoms with Crippen molar-refractivity contribution in [1.29, 1.82) is 0 Å². The van der Waals surface area contributed by atoms with Gasteiger partial charge >= 0.3 is 0 Å². The summed E-state index contributed by atoms with van der Waals surface area (Å²) in [5.41, 5.74) is 1.67. The van der Waals surface area contributed by atoms with Crippen LogP contribution in [0.3, 0.4) is 0 Å². The van der Waals surface area contributed by atoms with E-state index < -0.39 is 0 Å². The summed E-state index contributed by atoms with van der Waals surface area (Å²) in [5, 5.41) is 15.3. The van der Waals surface area contributed by atoms with Crippen LogP contribution in [0.5, 0.6) is 5.75 Å². The number of para-hydroxylation sites is 2. The molecular formula is C20H21N5O4. The zero-order chi connectivity index (χ0) is 20.2. The van der Waals surface area contributed by atoms with Crippen molar-refractivity contribution in [2.45, 2.75) is 6.54 Å². The van der Waals surface area contributed by atoms with E-state index in [4.69, 9.17) is 9.26 Å². The SMILES string of the molecule is COc1ccc(-c2noc(CN3CCN(c4ccccc4[N+](=O)[O-])CC3)n2)cc1. The standard InChI is InChI=1S/C20H21N5O4/c1-28-16-8-6-15(7-9-16)20-21-19(29-22-20)14-23-10-12-24(13-11-23)17-4-2-3-5-18(17)25(26)27/h2-9H,10-14H2,1H3. The van der Waals surface area contributed by atoms with E-state index in [1.54, 1.807) is 25.3 Å². The summed E-state index contributed by atoms with van der Waals surface area (Å²) in [6.07, 6.45) is 0. The molecule has 9 nitrogen and oxygen atoms in total. The molecule has 0 radical (unpaired) electrons. The minimum absolute atomic E-state index is 0.141. The number of ether oxygens (including phenoxy) is 1. The first kappa shape index (κ1) is 18.9. The third-order valence-electron chi connectivity index (χ3n) is 4.97. The van der Waals surface area contributed by atoms with Crippen LogP contribution in [-0.4, -0.2) is 53.3 Å². The summed E-state index contributed by atoms with van der Waals surface area (Å²) in [4.78, 5) is 19.7. The molecule has 1 fully saturated rings. The minimum Gasteiger partial charge on any atom is -0.497 e. The van der Waals surface area contributed by atoms with Gasteiger partial charge in [-0.25, -0.2) is 0 Å². The second-order valence-corrected chi connectivity index (χ2v) is 6.75. The van der Waals surface area contributed by atoms with Crippen LogP contribution in [0.2, 0.25) is 0 Å². The molecule has 0 N–H and O–H groups in total. The van der Waals surface area contributed by atoms with E-state index in [1.165, 1.54) is 0 Å². The number of piperazine rings is 1. The van der Waals surface area contributed by atoms with E-state index >= 15 is 0 Å². The van der Waals surface area contributed by atoms with Gasteiger partial charge in [0.15, 0.2) is 0 Å². The first-order valence-corrected chi connectivity index (χ1v) is 9.32. The van der Waals surface area contributed by atoms with Crippen LogP contribution < -0.4 is 9.64 Å². The molecule has 1 saturated heterocycles. The average molecular weight is 395 g/mol. The van der Waals surface area contributed by atoms with E-state index in [0.29, 0.717) is 37.0 Å². The molecule has 150 valence electrons. The lowest BCUT2D eigenvalue weighted by atomic mass is 10.2. The lowest BCUT2D eigenvalue weighted by Gasteiger charge is -2.35. The van der Waals surface area contributed by atoms with Crippen LogP contribution in [0.15, 0.2) is 53.1 Å². The molecule has 0 atom stereocenters. The number of nitrogens with zero attached hydrogens (tertiary/aromatic N) is 5. The number of anilines is 1. The molecule has 29 heavy (non-hydrogen) atoms. The number of hydrogen-bond acceptors (Lipinski definition) is 8. The second-order valence-electron chi connectivity index (χ2n) is 6.75. The zero-order valence-electron chi connectivity index (χ0n) is 16.0. The molecule has 4 rings (SSSR count). The zero-order valence-corrected chi connectivity index (χ0v) is 16.0. The Morgan fingerprint density at radius 2 is 1.83 bits per heavy atom. The summed E-state index contributed by atoms with van der Waals surface area (Å²) in [6.45, 7) is 3.46. The topological polar surface area (TPSA) is 97.8 Å². The van der Waals surface area contributed by atoms with Gasteiger partial charge in [0.05, 0.1) is 18.6 Å². The van der Waals surface area contributed by atoms with Gasteiger partial charge in [-0.1, -0.05) is 17.3 Å². The lowest BCUT2D eigenvalue weighted by molar-refractivity contribution is -0.384. The maximum Gasteiger partial charge on any atom is 0.292 e. The molecule has 0 amide bonds. The molecule has 0 saturated carbocycles. The van der Waals surface area contributed by atoms with Gasteiger partial charge in [0.2, 0.25) is 11.7 Å². The Morgan fingerprint density at radius 1 is 1.10 bits per heavy atom. The molecule has 2 heterocycles. The van der Waals surface area contributed by atoms with Crippen LogP contribution in [-0.2, 0) is 6.54 Å². The number of aromatic nitrogens is 2. The minimum atomic E-state index is -0.332. The third-order valence-corrected chi connectivity index (χ3v) is 4.97. The van der Waals surface area contributed by atoms with Gasteiger partial charge in [0.25, 0.3) is 5.69 Å². The molecule has 0 spiro atoms. The number of methoxy groups -OCH3 is 1. The molecule has 3 aromatic rings. The Morgan fingerprint density at radius 3 is 2.52 bits per heavy atom. The molecule has 1 aromatic heterocycles. The van der Waals surface area contributed by atoms with Gasteiger partial charge in [0, 0.05) is 37.8 Å². The number of rotatable bonds is 6. The van der Waals surface area contributed by atoms with Gasteiger partial charge in [-0.2, -0.15) is 4.98 Å². The lowest BCUT2D eigenvalue weighted by Crippen LogP contribution is -2.46. The highest BCUT2D eigenvalue weighted by Gasteiger charge is 2.24. The summed E-state index contributed by atoms with van der Waals surface area (Å²) in [5.74, 6) is 1.87. The first-order valence-electron chi connectivity index (χ1n) is 9.32. The highest BCUT2D eigenvalue weighted by Crippen LogP contribution is 2.28. The van der Waals surface area contributed by atoms with E-state index in [-0.39, 0.29) is 10.6 Å². The molecular weight excluding hydrogens is 374 g/mol. The average Bonchev–Trinajstić information content (AvgIpc) is 3.23. The fourth-order valence-electron chi connectivity index (χ4n) is 3.40. The van der Waals surface area contributed by atoms with Gasteiger partial charge in [-0.05, 0) is 30.3 Å². The van der Waals surface area contributed by atoms with Crippen LogP contribution in [0.1, 0.15) is 5.89 Å². The highest BCUT2D eigenvalue weighted by molar-refractivity contribution is 5.63. The van der Waals surface area contributed by atoms with Crippen LogP contribution in [0.4, 0.5) is 11.4 Å². The maximum absolute atomic E-state index is 11.3. The molecule has 2 aromatic carbocycles. The van der Waals surface area contributed by atoms with Crippen molar-refractivity contribution in [3.8, 4) is 17.1 Å². The smallest absolute Gasteiger partial charge is 0.292 e. The van der Waals surface area contributed by atoms with Gasteiger partial charge in [-0.15, -0.1) is 0 Å². The fourth-order valence-corrected chi connectivity index (χ4v) is 3.40. The van der Waals surface area contributed by atoms with Gasteiger partial charge < -0.3 is 14.2 Å². The number of hydrogen-bond donors (Lipinski definition) is 0. The molecule has 0 unspecified atom stereocenters. The fraction of sp³-hybridized carbons (Fsp3) is 0.300. The number of benzene rings is 2. The molecule has 1 aliphatic heterocycles. The molecule has 0 aliphatic carbocycles. The van der Waals surface area contributed by atoms with Gasteiger partial charge in [-0.3, -0.25) is 15.0 Å². The van der Waals surface area contributed by atoms with Crippen molar-refractivity contribution in [1.82, 2.24) is 15.0 Å². The Labute approximate surface area is 167 Å². The van der Waals surface area contributed by atoms with Crippen molar-refractivity contribution >= 4 is 11.4 Å². The van der Waals surface area contributed by atoms with Crippen molar-refractivity contribution < 1.29 is 14.2 Å². The highest BCUT2D eigenvalue weighted by atomic mass is 16.6. The summed E-state index contributed by atoms with van der Waals surface area (Å²) in [6, 6.07) is 14.3. The van der Waals surface area contributed by atoms with Crippen molar-refractivity contribution in [3.63, 3.8) is 0 Å². The molecule has 1 aliphatic rings. The van der Waals surface area contributed by atoms with Crippen molar-refractivity contribution in [3.05, 3.63) is 64.5 Å². The first-order chi connectivity index (χ1) is 14.1. The van der Waals surface area contributed by atoms with E-state index in [0.717, 1.165) is 24.4 Å². The largest absolute Gasteiger partial charge is 0.497 e. The maximum atomic E-state index is 11.3. The molecule has 9 heteroatoms. The third kappa shape index (κ3) is 4.19. The van der Waals surface area contributed by atoms with Gasteiger partial charge in [0.1, 0.15) is 11.4 Å². The summed E-state index contributed by atoms with van der Waals surface area (Å²) >= 11 is 0. The predicted molar refractivity (Wildman–Crippen MR) is 107 cm³/mol. The number of nitro groups is 1. The monoisotopic (exact) mass is 395 g/mol. The van der Waals surface area contributed by atoms with Crippen molar-refractivity contribution in [2.24, 2.45) is 0 Å². The Bertz CT molecular complexity index is 981. The van der Waals surface area contributed by atoms with E-state index in [1.807, 2.05) is 35.2 Å².